The molecule has 0 aromatic carbocycles. The molecule has 0 bridgehead atoms. The van der Waals surface area contributed by atoms with Crippen LogP contribution in [-0.2, 0) is 11.2 Å². The van der Waals surface area contributed by atoms with Gasteiger partial charge in [-0.3, -0.25) is 4.79 Å². The van der Waals surface area contributed by atoms with E-state index in [2.05, 4.69) is 15.6 Å². The van der Waals surface area contributed by atoms with Crippen LogP contribution in [0.25, 0.3) is 0 Å². The number of thiazole rings is 1. The summed E-state index contributed by atoms with van der Waals surface area (Å²) in [5, 5.41) is 9.23. The van der Waals surface area contributed by atoms with E-state index in [4.69, 9.17) is 0 Å². The van der Waals surface area contributed by atoms with Gasteiger partial charge in [-0.2, -0.15) is 0 Å². The maximum atomic E-state index is 11.7. The summed E-state index contributed by atoms with van der Waals surface area (Å²) in [5.74, 6) is 0.135. The first-order chi connectivity index (χ1) is 7.86. The van der Waals surface area contributed by atoms with Crippen LogP contribution in [-0.4, -0.2) is 30.0 Å². The number of carbonyl (C=O) groups is 1. The zero-order chi connectivity index (χ0) is 11.2. The average Bonchev–Trinajstić information content (AvgIpc) is 2.83. The number of rotatable bonds is 4. The Labute approximate surface area is 99.5 Å². The Balaban J connectivity index is 1.67. The van der Waals surface area contributed by atoms with Crippen molar-refractivity contribution in [3.05, 3.63) is 16.6 Å². The van der Waals surface area contributed by atoms with E-state index < -0.39 is 0 Å². The van der Waals surface area contributed by atoms with E-state index in [-0.39, 0.29) is 11.9 Å². The van der Waals surface area contributed by atoms with E-state index in [1.165, 1.54) is 6.42 Å². The van der Waals surface area contributed by atoms with Crippen LogP contribution < -0.4 is 10.6 Å². The second-order valence-electron chi connectivity index (χ2n) is 3.97. The van der Waals surface area contributed by atoms with Gasteiger partial charge >= 0.3 is 0 Å². The summed E-state index contributed by atoms with van der Waals surface area (Å²) in [4.78, 5) is 15.9. The number of amides is 1. The summed E-state index contributed by atoms with van der Waals surface area (Å²) in [6.07, 6.45) is 5.92. The molecule has 0 unspecified atom stereocenters. The van der Waals surface area contributed by atoms with Crippen LogP contribution in [0.4, 0.5) is 0 Å². The standard InChI is InChI=1S/C11H17N3OS/c15-11(9-3-1-2-5-12-9)14-6-4-10-13-7-8-16-10/h7-9,12H,1-6H2,(H,14,15)/t9-/m0/s1. The highest BCUT2D eigenvalue weighted by Crippen LogP contribution is 2.07. The van der Waals surface area contributed by atoms with Crippen molar-refractivity contribution in [2.24, 2.45) is 0 Å². The van der Waals surface area contributed by atoms with Crippen molar-refractivity contribution < 1.29 is 4.79 Å². The lowest BCUT2D eigenvalue weighted by molar-refractivity contribution is -0.123. The average molecular weight is 239 g/mol. The minimum atomic E-state index is 0.0186. The fourth-order valence-electron chi connectivity index (χ4n) is 1.87. The van der Waals surface area contributed by atoms with Crippen molar-refractivity contribution in [1.29, 1.82) is 0 Å². The molecule has 0 saturated carbocycles. The van der Waals surface area contributed by atoms with Gasteiger partial charge in [0.05, 0.1) is 11.0 Å². The van der Waals surface area contributed by atoms with Crippen LogP contribution in [0.15, 0.2) is 11.6 Å². The summed E-state index contributed by atoms with van der Waals surface area (Å²) in [6.45, 7) is 1.65. The van der Waals surface area contributed by atoms with Gasteiger partial charge in [0.25, 0.3) is 0 Å². The second kappa shape index (κ2) is 5.96. The van der Waals surface area contributed by atoms with Crippen LogP contribution >= 0.6 is 11.3 Å². The zero-order valence-corrected chi connectivity index (χ0v) is 10.1. The number of nitrogens with zero attached hydrogens (tertiary/aromatic N) is 1. The quantitative estimate of drug-likeness (QED) is 0.822. The minimum absolute atomic E-state index is 0.0186. The Morgan fingerprint density at radius 3 is 3.25 bits per heavy atom. The minimum Gasteiger partial charge on any atom is -0.354 e. The molecule has 16 heavy (non-hydrogen) atoms. The van der Waals surface area contributed by atoms with Crippen molar-refractivity contribution in [2.45, 2.75) is 31.7 Å². The number of hydrogen-bond acceptors (Lipinski definition) is 4. The van der Waals surface area contributed by atoms with Crippen LogP contribution in [0, 0.1) is 0 Å². The first-order valence-corrected chi connectivity index (χ1v) is 6.64. The van der Waals surface area contributed by atoms with E-state index in [0.717, 1.165) is 30.8 Å². The first kappa shape index (κ1) is 11.5. The molecule has 1 aliphatic rings. The van der Waals surface area contributed by atoms with Gasteiger partial charge in [0.1, 0.15) is 0 Å². The number of hydrogen-bond donors (Lipinski definition) is 2. The maximum Gasteiger partial charge on any atom is 0.237 e. The predicted octanol–water partition coefficient (Wildman–Crippen LogP) is 0.944. The molecule has 0 radical (unpaired) electrons. The van der Waals surface area contributed by atoms with Gasteiger partial charge in [-0.25, -0.2) is 4.98 Å². The van der Waals surface area contributed by atoms with E-state index in [1.807, 2.05) is 5.38 Å². The summed E-state index contributed by atoms with van der Waals surface area (Å²) < 4.78 is 0. The lowest BCUT2D eigenvalue weighted by atomic mass is 10.0. The molecule has 1 aliphatic heterocycles. The molecule has 0 aliphatic carbocycles. The highest BCUT2D eigenvalue weighted by molar-refractivity contribution is 7.09. The molecule has 1 saturated heterocycles. The summed E-state index contributed by atoms with van der Waals surface area (Å²) in [5.41, 5.74) is 0. The molecule has 0 spiro atoms. The Bertz CT molecular complexity index is 320. The monoisotopic (exact) mass is 239 g/mol. The topological polar surface area (TPSA) is 54.0 Å². The van der Waals surface area contributed by atoms with Gasteiger partial charge in [-0.1, -0.05) is 6.42 Å². The lowest BCUT2D eigenvalue weighted by Crippen LogP contribution is -2.47. The molecule has 1 amide bonds. The Kier molecular flexibility index (Phi) is 4.30. The zero-order valence-electron chi connectivity index (χ0n) is 9.24. The molecule has 88 valence electrons. The number of nitrogens with one attached hydrogen (secondary N) is 2. The third-order valence-electron chi connectivity index (χ3n) is 2.75. The van der Waals surface area contributed by atoms with Crippen molar-refractivity contribution in [3.63, 3.8) is 0 Å². The smallest absolute Gasteiger partial charge is 0.237 e. The van der Waals surface area contributed by atoms with Gasteiger partial charge in [-0.05, 0) is 19.4 Å². The molecule has 5 heteroatoms. The van der Waals surface area contributed by atoms with Crippen LogP contribution in [0.5, 0.6) is 0 Å². The Hall–Kier alpha value is -0.940. The number of aromatic nitrogens is 1. The lowest BCUT2D eigenvalue weighted by Gasteiger charge is -2.22. The van der Waals surface area contributed by atoms with Gasteiger partial charge in [0.2, 0.25) is 5.91 Å². The van der Waals surface area contributed by atoms with Gasteiger partial charge in [0.15, 0.2) is 0 Å². The highest BCUT2D eigenvalue weighted by atomic mass is 32.1. The highest BCUT2D eigenvalue weighted by Gasteiger charge is 2.19. The molecule has 2 N–H and O–H groups in total. The van der Waals surface area contributed by atoms with Gasteiger partial charge in [0, 0.05) is 24.5 Å². The van der Waals surface area contributed by atoms with E-state index in [0.29, 0.717) is 6.54 Å². The molecule has 2 heterocycles. The summed E-state index contributed by atoms with van der Waals surface area (Å²) in [7, 11) is 0. The normalized spacial score (nSPS) is 20.6. The van der Waals surface area contributed by atoms with Crippen LogP contribution in [0.2, 0.25) is 0 Å². The van der Waals surface area contributed by atoms with E-state index >= 15 is 0 Å². The Morgan fingerprint density at radius 1 is 1.62 bits per heavy atom. The van der Waals surface area contributed by atoms with E-state index in [9.17, 15) is 4.79 Å². The van der Waals surface area contributed by atoms with Crippen molar-refractivity contribution in [2.75, 3.05) is 13.1 Å². The first-order valence-electron chi connectivity index (χ1n) is 5.76. The predicted molar refractivity (Wildman–Crippen MR) is 64.5 cm³/mol. The fraction of sp³-hybridized carbons (Fsp3) is 0.636. The molecule has 1 fully saturated rings. The van der Waals surface area contributed by atoms with Gasteiger partial charge < -0.3 is 10.6 Å². The third kappa shape index (κ3) is 3.28. The Morgan fingerprint density at radius 2 is 2.56 bits per heavy atom. The van der Waals surface area contributed by atoms with Crippen molar-refractivity contribution in [3.8, 4) is 0 Å². The van der Waals surface area contributed by atoms with Crippen LogP contribution in [0.1, 0.15) is 24.3 Å². The third-order valence-corrected chi connectivity index (χ3v) is 3.59. The second-order valence-corrected chi connectivity index (χ2v) is 4.95. The maximum absolute atomic E-state index is 11.7. The number of piperidine rings is 1. The van der Waals surface area contributed by atoms with Gasteiger partial charge in [-0.15, -0.1) is 11.3 Å². The molecular formula is C11H17N3OS. The largest absolute Gasteiger partial charge is 0.354 e. The van der Waals surface area contributed by atoms with E-state index in [1.54, 1.807) is 17.5 Å². The SMILES string of the molecule is O=C(NCCc1nccs1)[C@@H]1CCCCN1. The fourth-order valence-corrected chi connectivity index (χ4v) is 2.49. The summed E-state index contributed by atoms with van der Waals surface area (Å²) >= 11 is 1.63. The molecule has 1 aromatic heterocycles. The van der Waals surface area contributed by atoms with Crippen LogP contribution in [0.3, 0.4) is 0 Å². The molecular weight excluding hydrogens is 222 g/mol. The molecule has 4 nitrogen and oxygen atoms in total. The summed E-state index contributed by atoms with van der Waals surface area (Å²) in [6, 6.07) is 0.0186. The molecule has 1 aromatic rings. The van der Waals surface area contributed by atoms with Crippen molar-refractivity contribution >= 4 is 17.2 Å². The molecule has 1 atom stereocenters. The number of carbonyl (C=O) groups excluding carboxylic acids is 1. The van der Waals surface area contributed by atoms with Crippen molar-refractivity contribution in [1.82, 2.24) is 15.6 Å². The molecule has 2 rings (SSSR count).